The molecule has 0 bridgehead atoms. The molecule has 2 atom stereocenters. The van der Waals surface area contributed by atoms with Crippen molar-refractivity contribution in [3.8, 4) is 5.75 Å². The third-order valence-electron chi connectivity index (χ3n) is 12.7. The quantitative estimate of drug-likeness (QED) is 0.0478. The minimum atomic E-state index is -0.0941. The third-order valence-corrected chi connectivity index (χ3v) is 12.7. The van der Waals surface area contributed by atoms with Crippen LogP contribution < -0.4 is 33.0 Å². The minimum absolute atomic E-state index is 0. The van der Waals surface area contributed by atoms with Crippen LogP contribution in [0, 0.1) is 24.6 Å². The van der Waals surface area contributed by atoms with Crippen LogP contribution in [0.25, 0.3) is 0 Å². The van der Waals surface area contributed by atoms with Crippen molar-refractivity contribution in [1.82, 2.24) is 28.3 Å². The number of likely N-dealkylation sites (N-methyl/N-ethyl adjacent to an activating group) is 1. The van der Waals surface area contributed by atoms with Gasteiger partial charge in [0, 0.05) is 18.6 Å². The van der Waals surface area contributed by atoms with Crippen LogP contribution in [0.15, 0.2) is 67.8 Å². The molecule has 0 radical (unpaired) electrons. The Labute approximate surface area is 357 Å². The number of ether oxygens (including phenoxy) is 1. The standard InChI is InChI=1S/C24H37NO.C20H31FN2.C5H10.C2H6.2H3N/c1-3-4-10-22(25-2)11-6-5-7-15-24(16-17-24)21-9-8-12-23(18-21)26-19-20-13-14-20;1-4-5-7-18(15-22-3)23-13-6-10-20(11-12-20)17-8-9-19(21)16(2)14-17;1-2-5-3-4-5;1-2;;/h3,8-9,12,18,20,22,25H,1,4-7,10-11,13-17,19H2,2H3;4,8-9,14,18,22-23H,1,5-7,10-13,15H2,2-3H3;5H,2-4H2,1H3;1-2H3;2*1H3. The van der Waals surface area contributed by atoms with E-state index in [4.69, 9.17) is 4.74 Å². The Hall–Kier alpha value is -2.55. The molecule has 0 heterocycles. The maximum Gasteiger partial charge on any atom is 0.126 e. The third kappa shape index (κ3) is 20.1. The first-order valence-corrected chi connectivity index (χ1v) is 23.1. The van der Waals surface area contributed by atoms with Crippen LogP contribution in [-0.4, -0.2) is 45.9 Å². The molecule has 58 heavy (non-hydrogen) atoms. The number of benzene rings is 2. The number of hydrogen-bond acceptors (Lipinski definition) is 6. The van der Waals surface area contributed by atoms with Gasteiger partial charge in [0.15, 0.2) is 0 Å². The van der Waals surface area contributed by atoms with Gasteiger partial charge in [0.2, 0.25) is 0 Å². The first-order chi connectivity index (χ1) is 27.3. The van der Waals surface area contributed by atoms with E-state index in [1.165, 1.54) is 120 Å². The normalized spacial score (nSPS) is 17.4. The van der Waals surface area contributed by atoms with Gasteiger partial charge in [0.1, 0.15) is 11.6 Å². The molecular weight excluding hydrogens is 718 g/mol. The molecule has 6 nitrogen and oxygen atoms in total. The van der Waals surface area contributed by atoms with Crippen molar-refractivity contribution >= 4 is 0 Å². The molecule has 2 unspecified atom stereocenters. The lowest BCUT2D eigenvalue weighted by molar-refractivity contribution is 0.299. The van der Waals surface area contributed by atoms with Gasteiger partial charge in [-0.1, -0.05) is 95.7 Å². The van der Waals surface area contributed by atoms with Crippen LogP contribution in [0.4, 0.5) is 4.39 Å². The summed E-state index contributed by atoms with van der Waals surface area (Å²) in [6.45, 7) is 18.7. The van der Waals surface area contributed by atoms with Crippen molar-refractivity contribution in [2.24, 2.45) is 11.8 Å². The minimum Gasteiger partial charge on any atom is -0.493 e. The SMILES string of the molecule is C=CCCC(CCCCCC1(c2cccc(OCC3CC3)c2)CC1)NC.C=CCCC(CNC)NCCCC1(c2ccc(F)c(C)c2)CC1.CC.CCC1CC1.N.N. The summed E-state index contributed by atoms with van der Waals surface area (Å²) in [6.07, 6.45) is 29.9. The fourth-order valence-corrected chi connectivity index (χ4v) is 7.94. The highest BCUT2D eigenvalue weighted by Gasteiger charge is 2.44. The van der Waals surface area contributed by atoms with Gasteiger partial charge < -0.3 is 33.0 Å². The first kappa shape index (κ1) is 53.5. The molecule has 332 valence electrons. The van der Waals surface area contributed by atoms with Gasteiger partial charge in [-0.25, -0.2) is 4.39 Å². The van der Waals surface area contributed by atoms with Crippen molar-refractivity contribution in [1.29, 1.82) is 0 Å². The van der Waals surface area contributed by atoms with Gasteiger partial charge in [-0.2, -0.15) is 0 Å². The van der Waals surface area contributed by atoms with E-state index in [-0.39, 0.29) is 18.1 Å². The summed E-state index contributed by atoms with van der Waals surface area (Å²) in [5, 5.41) is 10.4. The van der Waals surface area contributed by atoms with E-state index in [1.54, 1.807) is 6.07 Å². The Morgan fingerprint density at radius 2 is 1.38 bits per heavy atom. The second-order valence-electron chi connectivity index (χ2n) is 17.3. The summed E-state index contributed by atoms with van der Waals surface area (Å²) < 4.78 is 19.4. The van der Waals surface area contributed by atoms with E-state index in [9.17, 15) is 4.39 Å². The second-order valence-corrected chi connectivity index (χ2v) is 17.3. The van der Waals surface area contributed by atoms with Gasteiger partial charge >= 0.3 is 0 Å². The summed E-state index contributed by atoms with van der Waals surface area (Å²) >= 11 is 0. The maximum absolute atomic E-state index is 13.5. The molecule has 6 rings (SSSR count). The van der Waals surface area contributed by atoms with Crippen molar-refractivity contribution in [3.05, 3.63) is 90.3 Å². The van der Waals surface area contributed by atoms with Crippen LogP contribution in [0.1, 0.15) is 166 Å². The molecule has 4 aliphatic rings. The van der Waals surface area contributed by atoms with E-state index in [0.717, 1.165) is 62.1 Å². The number of aryl methyl sites for hydroxylation is 1. The number of rotatable bonds is 26. The Morgan fingerprint density at radius 1 is 0.776 bits per heavy atom. The Morgan fingerprint density at radius 3 is 1.90 bits per heavy atom. The lowest BCUT2D eigenvalue weighted by atomic mass is 9.89. The fourth-order valence-electron chi connectivity index (χ4n) is 7.94. The maximum atomic E-state index is 13.5. The molecule has 2 aromatic rings. The van der Waals surface area contributed by atoms with Crippen LogP contribution >= 0.6 is 0 Å². The molecule has 0 amide bonds. The van der Waals surface area contributed by atoms with E-state index in [1.807, 2.05) is 52.1 Å². The van der Waals surface area contributed by atoms with Crippen molar-refractivity contribution in [3.63, 3.8) is 0 Å². The molecule has 4 fully saturated rings. The summed E-state index contributed by atoms with van der Waals surface area (Å²) in [6, 6.07) is 15.8. The molecule has 4 saturated carbocycles. The Balaban J connectivity index is 0.000000485. The summed E-state index contributed by atoms with van der Waals surface area (Å²) in [5.41, 5.74) is 4.40. The molecular formula is C51H90FN5O. The van der Waals surface area contributed by atoms with Crippen molar-refractivity contribution in [2.75, 3.05) is 33.8 Å². The molecule has 4 aliphatic carbocycles. The highest BCUT2D eigenvalue weighted by Crippen LogP contribution is 2.53. The average Bonchev–Trinajstić information content (AvgIpc) is 4.03. The molecule has 9 N–H and O–H groups in total. The topological polar surface area (TPSA) is 115 Å². The predicted molar refractivity (Wildman–Crippen MR) is 252 cm³/mol. The largest absolute Gasteiger partial charge is 0.493 e. The zero-order chi connectivity index (χ0) is 40.7. The number of allylic oxidation sites excluding steroid dienone is 2. The molecule has 7 heteroatoms. The van der Waals surface area contributed by atoms with Gasteiger partial charge in [-0.05, 0) is 175 Å². The van der Waals surface area contributed by atoms with Crippen LogP contribution in [0.5, 0.6) is 5.75 Å². The molecule has 0 saturated heterocycles. The van der Waals surface area contributed by atoms with Gasteiger partial charge in [-0.15, -0.1) is 13.2 Å². The van der Waals surface area contributed by atoms with Crippen LogP contribution in [0.3, 0.4) is 0 Å². The Bertz CT molecular complexity index is 1370. The number of unbranched alkanes of at least 4 members (excludes halogenated alkanes) is 2. The first-order valence-electron chi connectivity index (χ1n) is 23.1. The van der Waals surface area contributed by atoms with E-state index in [0.29, 0.717) is 22.9 Å². The number of halogens is 1. The Kier molecular flexibility index (Phi) is 27.3. The average molecular weight is 808 g/mol. The molecule has 0 aromatic heterocycles. The van der Waals surface area contributed by atoms with Crippen molar-refractivity contribution < 1.29 is 9.13 Å². The van der Waals surface area contributed by atoms with E-state index < -0.39 is 0 Å². The van der Waals surface area contributed by atoms with Gasteiger partial charge in [0.05, 0.1) is 6.61 Å². The molecule has 2 aromatic carbocycles. The second kappa shape index (κ2) is 29.6. The molecule has 0 aliphatic heterocycles. The van der Waals surface area contributed by atoms with Crippen LogP contribution in [-0.2, 0) is 10.8 Å². The zero-order valence-corrected chi connectivity index (χ0v) is 38.4. The zero-order valence-electron chi connectivity index (χ0n) is 38.4. The highest BCUT2D eigenvalue weighted by molar-refractivity contribution is 5.37. The van der Waals surface area contributed by atoms with Crippen LogP contribution in [0.2, 0.25) is 0 Å². The monoisotopic (exact) mass is 808 g/mol. The number of nitrogens with one attached hydrogen (secondary N) is 3. The lowest BCUT2D eigenvalue weighted by Crippen LogP contribution is -2.38. The lowest BCUT2D eigenvalue weighted by Gasteiger charge is -2.20. The smallest absolute Gasteiger partial charge is 0.126 e. The fraction of sp³-hybridized carbons (Fsp3) is 0.686. The van der Waals surface area contributed by atoms with Crippen molar-refractivity contribution in [2.45, 2.75) is 179 Å². The van der Waals surface area contributed by atoms with E-state index >= 15 is 0 Å². The van der Waals surface area contributed by atoms with Gasteiger partial charge in [-0.3, -0.25) is 0 Å². The summed E-state index contributed by atoms with van der Waals surface area (Å²) in [7, 11) is 4.09. The summed E-state index contributed by atoms with van der Waals surface area (Å²) in [4.78, 5) is 0. The highest BCUT2D eigenvalue weighted by atomic mass is 19.1. The van der Waals surface area contributed by atoms with Gasteiger partial charge in [0.25, 0.3) is 0 Å². The predicted octanol–water partition coefficient (Wildman–Crippen LogP) is 13.3. The summed E-state index contributed by atoms with van der Waals surface area (Å²) in [5.74, 6) is 2.94. The molecule has 0 spiro atoms. The number of hydrogen-bond donors (Lipinski definition) is 5. The van der Waals surface area contributed by atoms with E-state index in [2.05, 4.69) is 67.3 Å².